The summed E-state index contributed by atoms with van der Waals surface area (Å²) < 4.78 is 33.0. The molecule has 0 aliphatic heterocycles. The second-order valence-corrected chi connectivity index (χ2v) is 17.7. The predicted octanol–water partition coefficient (Wildman–Crippen LogP) is 8.43. The van der Waals surface area contributed by atoms with Crippen LogP contribution >= 0.6 is 7.74 Å². The van der Waals surface area contributed by atoms with Crippen LogP contribution in [0.1, 0.15) is 104 Å². The van der Waals surface area contributed by atoms with Crippen molar-refractivity contribution >= 4 is 7.74 Å². The Morgan fingerprint density at radius 3 is 0.548 bits per heavy atom. The van der Waals surface area contributed by atoms with Crippen molar-refractivity contribution in [1.29, 1.82) is 0 Å². The predicted molar refractivity (Wildman–Crippen MR) is 134 cm³/mol. The molecule has 0 fully saturated rings. The second-order valence-electron chi connectivity index (χ2n) is 14.9. The van der Waals surface area contributed by atoms with Gasteiger partial charge in [-0.2, -0.15) is 0 Å². The van der Waals surface area contributed by atoms with Gasteiger partial charge in [0.05, 0.1) is 0 Å². The van der Waals surface area contributed by atoms with Gasteiger partial charge in [0, 0.05) is 0 Å². The van der Waals surface area contributed by atoms with Gasteiger partial charge in [-0.15, -0.1) is 0 Å². The molecule has 190 valence electrons. The van der Waals surface area contributed by atoms with Crippen LogP contribution < -0.4 is 0 Å². The first-order valence-corrected chi connectivity index (χ1v) is 13.4. The molecule has 0 atom stereocenters. The van der Waals surface area contributed by atoms with Gasteiger partial charge in [-0.05, 0) is 0 Å². The molecule has 6 heteroatoms. The molecule has 0 spiro atoms. The Morgan fingerprint density at radius 1 is 0.323 bits per heavy atom. The first kappa shape index (κ1) is 31.2. The van der Waals surface area contributed by atoms with Gasteiger partial charge < -0.3 is 0 Å². The topological polar surface area (TPSA) is 46.2 Å². The van der Waals surface area contributed by atoms with E-state index in [4.69, 9.17) is 22.6 Å². The molecular weight excluding hydrogens is 411 g/mol. The van der Waals surface area contributed by atoms with Crippen molar-refractivity contribution < 1.29 is 22.6 Å². The molecule has 31 heavy (non-hydrogen) atoms. The van der Waals surface area contributed by atoms with E-state index in [0.29, 0.717) is 33.0 Å². The molecule has 0 unspecified atom stereocenters. The zero-order chi connectivity index (χ0) is 25.0. The van der Waals surface area contributed by atoms with E-state index in [2.05, 4.69) is 104 Å². The summed E-state index contributed by atoms with van der Waals surface area (Å²) in [5, 5.41) is 0. The minimum absolute atomic E-state index is 0.116. The van der Waals surface area contributed by atoms with Crippen LogP contribution in [0.2, 0.25) is 0 Å². The van der Waals surface area contributed by atoms with Gasteiger partial charge in [-0.1, -0.05) is 0 Å². The van der Waals surface area contributed by atoms with E-state index in [1.807, 2.05) is 0 Å². The van der Waals surface area contributed by atoms with E-state index >= 15 is 0 Å². The average Bonchev–Trinajstić information content (AvgIpc) is 2.49. The third kappa shape index (κ3) is 14.9. The molecule has 0 bridgehead atoms. The van der Waals surface area contributed by atoms with E-state index < -0.39 is 7.74 Å². The van der Waals surface area contributed by atoms with E-state index in [1.165, 1.54) is 0 Å². The monoisotopic (exact) mass is 466 g/mol. The standard InChI is InChI=1S/C25H55O5P/c1-21(2,3)16-26-31(27-17-22(4,5)6,28-18-23(7,8)9,29-19-24(10,11)12)30-20-25(13,14)15/h16-20H2,1-15H3. The molecule has 0 amide bonds. The fourth-order valence-electron chi connectivity index (χ4n) is 1.87. The van der Waals surface area contributed by atoms with Crippen LogP contribution in [-0.4, -0.2) is 33.0 Å². The summed E-state index contributed by atoms with van der Waals surface area (Å²) in [5.41, 5.74) is -0.578. The maximum absolute atomic E-state index is 6.61. The van der Waals surface area contributed by atoms with E-state index in [9.17, 15) is 0 Å². The molecule has 0 aromatic rings. The van der Waals surface area contributed by atoms with Crippen LogP contribution in [0.15, 0.2) is 0 Å². The summed E-state index contributed by atoms with van der Waals surface area (Å²) in [7, 11) is -4.40. The Morgan fingerprint density at radius 2 is 0.452 bits per heavy atom. The zero-order valence-corrected chi connectivity index (χ0v) is 24.4. The van der Waals surface area contributed by atoms with Crippen LogP contribution in [0.5, 0.6) is 0 Å². The summed E-state index contributed by atoms with van der Waals surface area (Å²) in [6.07, 6.45) is 0. The number of hydrogen-bond acceptors (Lipinski definition) is 5. The second kappa shape index (κ2) is 10.2. The molecule has 0 aliphatic carbocycles. The van der Waals surface area contributed by atoms with Gasteiger partial charge in [0.2, 0.25) is 0 Å². The van der Waals surface area contributed by atoms with Crippen LogP contribution in [0.25, 0.3) is 0 Å². The van der Waals surface area contributed by atoms with Gasteiger partial charge in [-0.3, -0.25) is 0 Å². The van der Waals surface area contributed by atoms with E-state index in [-0.39, 0.29) is 27.1 Å². The first-order valence-electron chi connectivity index (χ1n) is 11.6. The summed E-state index contributed by atoms with van der Waals surface area (Å²) in [4.78, 5) is 0. The van der Waals surface area contributed by atoms with Crippen molar-refractivity contribution in [2.75, 3.05) is 33.0 Å². The molecule has 5 nitrogen and oxygen atoms in total. The summed E-state index contributed by atoms with van der Waals surface area (Å²) >= 11 is 0. The van der Waals surface area contributed by atoms with Crippen molar-refractivity contribution in [2.24, 2.45) is 27.1 Å². The van der Waals surface area contributed by atoms with Gasteiger partial charge in [0.1, 0.15) is 0 Å². The number of hydrogen-bond donors (Lipinski definition) is 0. The fraction of sp³-hybridized carbons (Fsp3) is 1.00. The Labute approximate surface area is 194 Å². The van der Waals surface area contributed by atoms with Crippen LogP contribution in [-0.2, 0) is 22.6 Å². The molecule has 0 saturated heterocycles. The molecule has 0 heterocycles. The molecular formula is C25H55O5P. The Bertz CT molecular complexity index is 417. The van der Waals surface area contributed by atoms with E-state index in [1.54, 1.807) is 0 Å². The van der Waals surface area contributed by atoms with Crippen molar-refractivity contribution in [3.63, 3.8) is 0 Å². The number of rotatable bonds is 10. The molecule has 0 saturated carbocycles. The van der Waals surface area contributed by atoms with Gasteiger partial charge >= 0.3 is 194 Å². The Balaban J connectivity index is 6.53. The van der Waals surface area contributed by atoms with Crippen molar-refractivity contribution in [3.05, 3.63) is 0 Å². The SMILES string of the molecule is CC(C)(C)COP(OCC(C)(C)C)(OCC(C)(C)C)(OCC(C)(C)C)OCC(C)(C)C. The maximum atomic E-state index is 6.61. The van der Waals surface area contributed by atoms with Gasteiger partial charge in [0.25, 0.3) is 0 Å². The quantitative estimate of drug-likeness (QED) is 0.302. The van der Waals surface area contributed by atoms with Crippen molar-refractivity contribution in [1.82, 2.24) is 0 Å². The molecule has 0 radical (unpaired) electrons. The molecule has 0 N–H and O–H groups in total. The van der Waals surface area contributed by atoms with Crippen molar-refractivity contribution in [2.45, 2.75) is 104 Å². The summed E-state index contributed by atoms with van der Waals surface area (Å²) in [6, 6.07) is 0. The third-order valence-corrected chi connectivity index (χ3v) is 6.30. The molecule has 0 aliphatic rings. The normalized spacial score (nSPS) is 16.3. The first-order chi connectivity index (χ1) is 13.3. The zero-order valence-electron chi connectivity index (χ0n) is 23.5. The third-order valence-electron chi connectivity index (χ3n) is 3.54. The van der Waals surface area contributed by atoms with Gasteiger partial charge in [0.15, 0.2) is 0 Å². The molecule has 0 rings (SSSR count). The summed E-state index contributed by atoms with van der Waals surface area (Å²) in [6.45, 7) is 33.8. The summed E-state index contributed by atoms with van der Waals surface area (Å²) in [5.74, 6) is 0. The molecule has 0 aromatic carbocycles. The minimum atomic E-state index is -4.40. The fourth-order valence-corrected chi connectivity index (χ4v) is 5.60. The van der Waals surface area contributed by atoms with Crippen LogP contribution in [0.3, 0.4) is 0 Å². The van der Waals surface area contributed by atoms with Crippen LogP contribution in [0, 0.1) is 27.1 Å². The molecule has 0 aromatic heterocycles. The van der Waals surface area contributed by atoms with Gasteiger partial charge in [-0.25, -0.2) is 0 Å². The van der Waals surface area contributed by atoms with E-state index in [0.717, 1.165) is 0 Å². The Kier molecular flexibility index (Phi) is 10.3. The van der Waals surface area contributed by atoms with Crippen molar-refractivity contribution in [3.8, 4) is 0 Å². The Hall–Kier alpha value is 0.230. The van der Waals surface area contributed by atoms with Crippen LogP contribution in [0.4, 0.5) is 0 Å². The average molecular weight is 467 g/mol.